The zero-order valence-corrected chi connectivity index (χ0v) is 16.3. The van der Waals surface area contributed by atoms with Crippen molar-refractivity contribution in [1.29, 1.82) is 0 Å². The fourth-order valence-electron chi connectivity index (χ4n) is 2.82. The van der Waals surface area contributed by atoms with Crippen molar-refractivity contribution in [3.63, 3.8) is 0 Å². The van der Waals surface area contributed by atoms with Crippen molar-refractivity contribution in [2.75, 3.05) is 20.6 Å². The van der Waals surface area contributed by atoms with Crippen LogP contribution in [-0.4, -0.2) is 37.5 Å². The predicted molar refractivity (Wildman–Crippen MR) is 102 cm³/mol. The second-order valence-electron chi connectivity index (χ2n) is 7.35. The fourth-order valence-corrected chi connectivity index (χ4v) is 2.82. The van der Waals surface area contributed by atoms with Gasteiger partial charge < -0.3 is 10.2 Å². The van der Waals surface area contributed by atoms with E-state index in [-0.39, 0.29) is 11.9 Å². The lowest BCUT2D eigenvalue weighted by Gasteiger charge is -2.16. The Morgan fingerprint density at radius 1 is 0.870 bits per heavy atom. The summed E-state index contributed by atoms with van der Waals surface area (Å²) in [7, 11) is 4.14. The van der Waals surface area contributed by atoms with Crippen LogP contribution in [0.25, 0.3) is 0 Å². The first-order chi connectivity index (χ1) is 11.1. The molecule has 1 unspecified atom stereocenters. The molecule has 0 heterocycles. The Labute approximate surface area is 145 Å². The molecule has 0 bridgehead atoms. The maximum absolute atomic E-state index is 11.8. The minimum absolute atomic E-state index is 0.229. The summed E-state index contributed by atoms with van der Waals surface area (Å²) in [4.78, 5) is 14.0. The Morgan fingerprint density at radius 2 is 1.35 bits per heavy atom. The average molecular weight is 327 g/mol. The van der Waals surface area contributed by atoms with Crippen LogP contribution in [0.4, 0.5) is 0 Å². The normalized spacial score (nSPS) is 12.6. The molecule has 1 N–H and O–H groups in total. The highest BCUT2D eigenvalue weighted by Gasteiger charge is 2.07. The zero-order valence-electron chi connectivity index (χ0n) is 16.3. The van der Waals surface area contributed by atoms with Crippen LogP contribution in [0.15, 0.2) is 0 Å². The van der Waals surface area contributed by atoms with Crippen molar-refractivity contribution < 1.29 is 4.79 Å². The number of amides is 1. The van der Waals surface area contributed by atoms with E-state index in [1.54, 1.807) is 0 Å². The summed E-state index contributed by atoms with van der Waals surface area (Å²) in [6.45, 7) is 5.40. The predicted octanol–water partition coefficient (Wildman–Crippen LogP) is 5.14. The van der Waals surface area contributed by atoms with Crippen molar-refractivity contribution in [1.82, 2.24) is 10.2 Å². The van der Waals surface area contributed by atoms with Crippen molar-refractivity contribution in [2.45, 2.75) is 103 Å². The Balaban J connectivity index is 3.29. The van der Waals surface area contributed by atoms with E-state index in [1.165, 1.54) is 64.2 Å². The van der Waals surface area contributed by atoms with Crippen LogP contribution in [0.2, 0.25) is 0 Å². The van der Waals surface area contributed by atoms with Gasteiger partial charge in [-0.05, 0) is 40.4 Å². The van der Waals surface area contributed by atoms with Crippen molar-refractivity contribution in [3.05, 3.63) is 0 Å². The monoisotopic (exact) mass is 326 g/mol. The molecule has 0 saturated heterocycles. The van der Waals surface area contributed by atoms with Crippen LogP contribution >= 0.6 is 0 Å². The minimum atomic E-state index is 0.229. The third kappa shape index (κ3) is 17.6. The number of carbonyl (C=O) groups is 1. The Hall–Kier alpha value is -0.570. The first kappa shape index (κ1) is 22.4. The molecule has 0 aliphatic carbocycles. The average Bonchev–Trinajstić information content (AvgIpc) is 2.50. The van der Waals surface area contributed by atoms with Crippen LogP contribution in [0.1, 0.15) is 97.3 Å². The Bertz CT molecular complexity index is 266. The molecular weight excluding hydrogens is 284 g/mol. The Kier molecular flexibility index (Phi) is 15.9. The number of unbranched alkanes of at least 4 members (excludes halogenated alkanes) is 10. The van der Waals surface area contributed by atoms with Crippen LogP contribution < -0.4 is 5.32 Å². The smallest absolute Gasteiger partial charge is 0.220 e. The van der Waals surface area contributed by atoms with Gasteiger partial charge in [-0.25, -0.2) is 0 Å². The molecule has 0 aromatic carbocycles. The van der Waals surface area contributed by atoms with Gasteiger partial charge in [-0.3, -0.25) is 4.79 Å². The maximum atomic E-state index is 11.8. The first-order valence-corrected chi connectivity index (χ1v) is 10.00. The van der Waals surface area contributed by atoms with Crippen LogP contribution in [-0.2, 0) is 4.79 Å². The van der Waals surface area contributed by atoms with Gasteiger partial charge in [-0.15, -0.1) is 0 Å². The van der Waals surface area contributed by atoms with Gasteiger partial charge in [0.1, 0.15) is 0 Å². The highest BCUT2D eigenvalue weighted by atomic mass is 16.1. The van der Waals surface area contributed by atoms with Gasteiger partial charge in [0.05, 0.1) is 0 Å². The van der Waals surface area contributed by atoms with Gasteiger partial charge >= 0.3 is 0 Å². The number of nitrogens with one attached hydrogen (secondary N) is 1. The number of hydrogen-bond acceptors (Lipinski definition) is 2. The lowest BCUT2D eigenvalue weighted by atomic mass is 10.1. The second kappa shape index (κ2) is 16.3. The largest absolute Gasteiger partial charge is 0.354 e. The van der Waals surface area contributed by atoms with Gasteiger partial charge in [-0.1, -0.05) is 71.1 Å². The van der Waals surface area contributed by atoms with Crippen molar-refractivity contribution in [3.8, 4) is 0 Å². The third-order valence-electron chi connectivity index (χ3n) is 4.42. The zero-order chi connectivity index (χ0) is 17.3. The SMILES string of the molecule is CCCCCCCCCCCCCC(=O)NC(C)CCN(C)C. The fraction of sp³-hybridized carbons (Fsp3) is 0.950. The molecule has 0 aromatic rings. The molecule has 0 aliphatic rings. The van der Waals surface area contributed by atoms with Crippen LogP contribution in [0.5, 0.6) is 0 Å². The summed E-state index contributed by atoms with van der Waals surface area (Å²) in [6.07, 6.45) is 16.3. The molecule has 1 atom stereocenters. The van der Waals surface area contributed by atoms with Gasteiger partial charge in [-0.2, -0.15) is 0 Å². The second-order valence-corrected chi connectivity index (χ2v) is 7.35. The molecule has 0 aromatic heterocycles. The molecule has 0 rings (SSSR count). The minimum Gasteiger partial charge on any atom is -0.354 e. The summed E-state index contributed by atoms with van der Waals surface area (Å²) >= 11 is 0. The van der Waals surface area contributed by atoms with E-state index >= 15 is 0 Å². The third-order valence-corrected chi connectivity index (χ3v) is 4.42. The maximum Gasteiger partial charge on any atom is 0.220 e. The van der Waals surface area contributed by atoms with E-state index in [0.29, 0.717) is 6.42 Å². The van der Waals surface area contributed by atoms with Crippen molar-refractivity contribution >= 4 is 5.91 Å². The number of rotatable bonds is 16. The standard InChI is InChI=1S/C20H42N2O/c1-5-6-7-8-9-10-11-12-13-14-15-16-20(23)21-19(2)17-18-22(3)4/h19H,5-18H2,1-4H3,(H,21,23). The van der Waals surface area contributed by atoms with E-state index in [4.69, 9.17) is 0 Å². The lowest BCUT2D eigenvalue weighted by Crippen LogP contribution is -2.34. The molecule has 23 heavy (non-hydrogen) atoms. The molecule has 138 valence electrons. The summed E-state index contributed by atoms with van der Waals surface area (Å²) in [5.74, 6) is 0.229. The van der Waals surface area contributed by atoms with Gasteiger partial charge in [0.2, 0.25) is 5.91 Å². The summed E-state index contributed by atoms with van der Waals surface area (Å²) in [5.41, 5.74) is 0. The molecule has 0 spiro atoms. The van der Waals surface area contributed by atoms with E-state index in [9.17, 15) is 4.79 Å². The van der Waals surface area contributed by atoms with E-state index in [0.717, 1.165) is 19.4 Å². The van der Waals surface area contributed by atoms with E-state index in [2.05, 4.69) is 38.2 Å². The Morgan fingerprint density at radius 3 is 1.83 bits per heavy atom. The molecule has 0 saturated carbocycles. The summed E-state index contributed by atoms with van der Waals surface area (Å²) in [5, 5.41) is 3.11. The molecule has 0 radical (unpaired) electrons. The molecule has 0 fully saturated rings. The van der Waals surface area contributed by atoms with Crippen LogP contribution in [0.3, 0.4) is 0 Å². The lowest BCUT2D eigenvalue weighted by molar-refractivity contribution is -0.121. The number of nitrogens with zero attached hydrogens (tertiary/aromatic N) is 1. The highest BCUT2D eigenvalue weighted by molar-refractivity contribution is 5.76. The van der Waals surface area contributed by atoms with E-state index in [1.807, 2.05) is 0 Å². The topological polar surface area (TPSA) is 32.3 Å². The number of carbonyl (C=O) groups excluding carboxylic acids is 1. The summed E-state index contributed by atoms with van der Waals surface area (Å²) < 4.78 is 0. The molecule has 0 aliphatic heterocycles. The van der Waals surface area contributed by atoms with E-state index < -0.39 is 0 Å². The van der Waals surface area contributed by atoms with Gasteiger partial charge in [0.25, 0.3) is 0 Å². The van der Waals surface area contributed by atoms with Crippen LogP contribution in [0, 0.1) is 0 Å². The first-order valence-electron chi connectivity index (χ1n) is 10.00. The molecule has 3 heteroatoms. The van der Waals surface area contributed by atoms with Gasteiger partial charge in [0, 0.05) is 12.5 Å². The molecule has 1 amide bonds. The molecular formula is C20H42N2O. The quantitative estimate of drug-likeness (QED) is 0.398. The van der Waals surface area contributed by atoms with Crippen molar-refractivity contribution in [2.24, 2.45) is 0 Å². The van der Waals surface area contributed by atoms with Gasteiger partial charge in [0.15, 0.2) is 0 Å². The number of hydrogen-bond donors (Lipinski definition) is 1. The highest BCUT2D eigenvalue weighted by Crippen LogP contribution is 2.11. The summed E-state index contributed by atoms with van der Waals surface area (Å²) in [6, 6.07) is 0.289. The molecule has 3 nitrogen and oxygen atoms in total.